The van der Waals surface area contributed by atoms with Crippen LogP contribution in [-0.4, -0.2) is 54.0 Å². The van der Waals surface area contributed by atoms with Crippen molar-refractivity contribution in [3.05, 3.63) is 0 Å². The van der Waals surface area contributed by atoms with Gasteiger partial charge in [-0.1, -0.05) is 0 Å². The van der Waals surface area contributed by atoms with E-state index >= 15 is 0 Å². The first-order valence-electron chi connectivity index (χ1n) is 6.21. The fourth-order valence-corrected chi connectivity index (χ4v) is 2.63. The Kier molecular flexibility index (Phi) is 3.27. The molecule has 0 aromatic rings. The van der Waals surface area contributed by atoms with Gasteiger partial charge in [0.25, 0.3) is 0 Å². The maximum Gasteiger partial charge on any atom is 0.0753 e. The highest BCUT2D eigenvalue weighted by Gasteiger charge is 2.43. The molecule has 0 aromatic heterocycles. The molecule has 0 radical (unpaired) electrons. The zero-order valence-electron chi connectivity index (χ0n) is 10.4. The van der Waals surface area contributed by atoms with Gasteiger partial charge in [0.1, 0.15) is 0 Å². The second-order valence-corrected chi connectivity index (χ2v) is 5.98. The number of hydrogen-bond acceptors (Lipinski definition) is 4. The highest BCUT2D eigenvalue weighted by Crippen LogP contribution is 2.38. The van der Waals surface area contributed by atoms with Crippen molar-refractivity contribution >= 4 is 0 Å². The van der Waals surface area contributed by atoms with Gasteiger partial charge in [0.2, 0.25) is 0 Å². The number of hydrogen-bond donors (Lipinski definition) is 2. The van der Waals surface area contributed by atoms with Gasteiger partial charge in [0, 0.05) is 19.6 Å². The molecule has 1 saturated heterocycles. The van der Waals surface area contributed by atoms with E-state index in [1.807, 2.05) is 0 Å². The van der Waals surface area contributed by atoms with Crippen molar-refractivity contribution in [1.29, 1.82) is 0 Å². The van der Waals surface area contributed by atoms with Crippen molar-refractivity contribution in [2.24, 2.45) is 11.7 Å². The third-order valence-electron chi connectivity index (χ3n) is 3.71. The van der Waals surface area contributed by atoms with Crippen molar-refractivity contribution in [1.82, 2.24) is 4.90 Å². The lowest BCUT2D eigenvalue weighted by atomic mass is 9.94. The van der Waals surface area contributed by atoms with Gasteiger partial charge in [-0.15, -0.1) is 0 Å². The molecule has 1 saturated carbocycles. The fourth-order valence-electron chi connectivity index (χ4n) is 2.63. The van der Waals surface area contributed by atoms with E-state index in [1.165, 1.54) is 12.8 Å². The number of nitrogens with zero attached hydrogens (tertiary/aromatic N) is 1. The molecular weight excluding hydrogens is 204 g/mol. The summed E-state index contributed by atoms with van der Waals surface area (Å²) >= 11 is 0. The van der Waals surface area contributed by atoms with Gasteiger partial charge >= 0.3 is 0 Å². The SMILES string of the molecule is CC1(C)CN(CC(N)(CO)C2CC2)CCO1. The number of rotatable bonds is 4. The maximum absolute atomic E-state index is 9.47. The Morgan fingerprint density at radius 1 is 1.50 bits per heavy atom. The molecule has 4 heteroatoms. The summed E-state index contributed by atoms with van der Waals surface area (Å²) in [4.78, 5) is 2.33. The van der Waals surface area contributed by atoms with Gasteiger partial charge in [-0.05, 0) is 32.6 Å². The van der Waals surface area contributed by atoms with Crippen LogP contribution in [0.15, 0.2) is 0 Å². The highest BCUT2D eigenvalue weighted by molar-refractivity contribution is 5.01. The van der Waals surface area contributed by atoms with Gasteiger partial charge < -0.3 is 15.6 Å². The number of morpholine rings is 1. The Labute approximate surface area is 97.7 Å². The number of aliphatic hydroxyl groups excluding tert-OH is 1. The van der Waals surface area contributed by atoms with Crippen molar-refractivity contribution in [3.63, 3.8) is 0 Å². The molecule has 0 aromatic carbocycles. The van der Waals surface area contributed by atoms with Crippen LogP contribution in [-0.2, 0) is 4.74 Å². The lowest BCUT2D eigenvalue weighted by Gasteiger charge is -2.42. The molecule has 1 aliphatic carbocycles. The van der Waals surface area contributed by atoms with E-state index in [1.54, 1.807) is 0 Å². The van der Waals surface area contributed by atoms with Gasteiger partial charge in [-0.2, -0.15) is 0 Å². The van der Waals surface area contributed by atoms with E-state index in [2.05, 4.69) is 18.7 Å². The average Bonchev–Trinajstić information content (AvgIpc) is 2.99. The molecule has 0 spiro atoms. The summed E-state index contributed by atoms with van der Waals surface area (Å²) in [6.45, 7) is 7.68. The van der Waals surface area contributed by atoms with E-state index in [4.69, 9.17) is 10.5 Å². The summed E-state index contributed by atoms with van der Waals surface area (Å²) in [7, 11) is 0. The summed E-state index contributed by atoms with van der Waals surface area (Å²) in [5, 5.41) is 9.47. The van der Waals surface area contributed by atoms with Crippen LogP contribution in [0.25, 0.3) is 0 Å². The zero-order chi connectivity index (χ0) is 11.8. The Hall–Kier alpha value is -0.160. The standard InChI is InChI=1S/C12H24N2O2/c1-11(2)7-14(5-6-16-11)8-12(13,9-15)10-3-4-10/h10,15H,3-9,13H2,1-2H3. The van der Waals surface area contributed by atoms with Crippen LogP contribution >= 0.6 is 0 Å². The molecule has 1 aliphatic heterocycles. The largest absolute Gasteiger partial charge is 0.394 e. The van der Waals surface area contributed by atoms with E-state index < -0.39 is 5.54 Å². The number of aliphatic hydroxyl groups is 1. The molecule has 2 rings (SSSR count). The molecule has 1 heterocycles. The molecule has 94 valence electrons. The van der Waals surface area contributed by atoms with E-state index in [0.717, 1.165) is 26.2 Å². The average molecular weight is 228 g/mol. The van der Waals surface area contributed by atoms with E-state index in [-0.39, 0.29) is 12.2 Å². The lowest BCUT2D eigenvalue weighted by molar-refractivity contribution is -0.0925. The minimum atomic E-state index is -0.395. The smallest absolute Gasteiger partial charge is 0.0753 e. The molecule has 0 amide bonds. The predicted octanol–water partition coefficient (Wildman–Crippen LogP) is 0.197. The van der Waals surface area contributed by atoms with Crippen LogP contribution in [0.5, 0.6) is 0 Å². The third kappa shape index (κ3) is 2.74. The van der Waals surface area contributed by atoms with Crippen molar-refractivity contribution in [2.75, 3.05) is 32.8 Å². The molecule has 3 N–H and O–H groups in total. The quantitative estimate of drug-likeness (QED) is 0.721. The van der Waals surface area contributed by atoms with Gasteiger partial charge in [-0.3, -0.25) is 4.90 Å². The molecule has 4 nitrogen and oxygen atoms in total. The van der Waals surface area contributed by atoms with Crippen LogP contribution in [0, 0.1) is 5.92 Å². The number of ether oxygens (including phenoxy) is 1. The summed E-state index contributed by atoms with van der Waals surface area (Å²) in [6.07, 6.45) is 2.34. The summed E-state index contributed by atoms with van der Waals surface area (Å²) in [5.74, 6) is 0.517. The second-order valence-electron chi connectivity index (χ2n) is 5.98. The fraction of sp³-hybridized carbons (Fsp3) is 1.00. The molecule has 16 heavy (non-hydrogen) atoms. The number of nitrogens with two attached hydrogens (primary N) is 1. The van der Waals surface area contributed by atoms with Gasteiger partial charge in [-0.25, -0.2) is 0 Å². The molecule has 1 atom stereocenters. The van der Waals surface area contributed by atoms with E-state index in [9.17, 15) is 5.11 Å². The van der Waals surface area contributed by atoms with Crippen LogP contribution in [0.3, 0.4) is 0 Å². The molecule has 0 bridgehead atoms. The zero-order valence-corrected chi connectivity index (χ0v) is 10.4. The summed E-state index contributed by atoms with van der Waals surface area (Å²) in [5.41, 5.74) is 5.81. The van der Waals surface area contributed by atoms with Gasteiger partial charge in [0.15, 0.2) is 0 Å². The Morgan fingerprint density at radius 3 is 2.69 bits per heavy atom. The molecule has 2 aliphatic rings. The molecular formula is C12H24N2O2. The van der Waals surface area contributed by atoms with E-state index in [0.29, 0.717) is 5.92 Å². The Balaban J connectivity index is 1.92. The Bertz CT molecular complexity index is 253. The lowest BCUT2D eigenvalue weighted by Crippen LogP contribution is -2.59. The van der Waals surface area contributed by atoms with Crippen LogP contribution in [0.4, 0.5) is 0 Å². The van der Waals surface area contributed by atoms with Crippen molar-refractivity contribution in [3.8, 4) is 0 Å². The van der Waals surface area contributed by atoms with Gasteiger partial charge in [0.05, 0.1) is 24.4 Å². The molecule has 2 fully saturated rings. The minimum absolute atomic E-state index is 0.0852. The summed E-state index contributed by atoms with van der Waals surface area (Å²) < 4.78 is 5.67. The van der Waals surface area contributed by atoms with Crippen molar-refractivity contribution < 1.29 is 9.84 Å². The van der Waals surface area contributed by atoms with Crippen LogP contribution < -0.4 is 5.73 Å². The monoisotopic (exact) mass is 228 g/mol. The van der Waals surface area contributed by atoms with Crippen LogP contribution in [0.2, 0.25) is 0 Å². The molecule has 1 unspecified atom stereocenters. The normalized spacial score (nSPS) is 30.0. The Morgan fingerprint density at radius 2 is 2.19 bits per heavy atom. The van der Waals surface area contributed by atoms with Crippen LogP contribution in [0.1, 0.15) is 26.7 Å². The second kappa shape index (κ2) is 4.26. The summed E-state index contributed by atoms with van der Waals surface area (Å²) in [6, 6.07) is 0. The highest BCUT2D eigenvalue weighted by atomic mass is 16.5. The predicted molar refractivity (Wildman–Crippen MR) is 63.2 cm³/mol. The van der Waals surface area contributed by atoms with Crippen molar-refractivity contribution in [2.45, 2.75) is 37.8 Å². The topological polar surface area (TPSA) is 58.7 Å². The first kappa shape index (κ1) is 12.3. The first-order chi connectivity index (χ1) is 7.45. The first-order valence-corrected chi connectivity index (χ1v) is 6.21. The third-order valence-corrected chi connectivity index (χ3v) is 3.71. The maximum atomic E-state index is 9.47. The minimum Gasteiger partial charge on any atom is -0.394 e.